The molecule has 0 aromatic heterocycles. The molecule has 96 valence electrons. The van der Waals surface area contributed by atoms with E-state index in [0.29, 0.717) is 0 Å². The van der Waals surface area contributed by atoms with Crippen LogP contribution in [0.25, 0.3) is 0 Å². The SMILES string of the molecule is CC(C)Oc1ccccc1[C@@H]1COCCN1.Cl. The summed E-state index contributed by atoms with van der Waals surface area (Å²) < 4.78 is 11.3. The molecule has 1 aliphatic heterocycles. The monoisotopic (exact) mass is 257 g/mol. The van der Waals surface area contributed by atoms with Gasteiger partial charge in [0.15, 0.2) is 0 Å². The van der Waals surface area contributed by atoms with Crippen molar-refractivity contribution in [2.75, 3.05) is 19.8 Å². The molecule has 1 aliphatic rings. The van der Waals surface area contributed by atoms with Gasteiger partial charge < -0.3 is 14.8 Å². The Bertz CT molecular complexity index is 338. The van der Waals surface area contributed by atoms with Crippen molar-refractivity contribution in [3.63, 3.8) is 0 Å². The first-order chi connectivity index (χ1) is 7.77. The third-order valence-corrected chi connectivity index (χ3v) is 2.58. The number of ether oxygens (including phenoxy) is 2. The molecule has 0 unspecified atom stereocenters. The van der Waals surface area contributed by atoms with Crippen LogP contribution in [0.2, 0.25) is 0 Å². The summed E-state index contributed by atoms with van der Waals surface area (Å²) in [6.45, 7) is 6.51. The molecule has 1 N–H and O–H groups in total. The van der Waals surface area contributed by atoms with Crippen molar-refractivity contribution in [2.24, 2.45) is 0 Å². The number of halogens is 1. The highest BCUT2D eigenvalue weighted by molar-refractivity contribution is 5.85. The van der Waals surface area contributed by atoms with Gasteiger partial charge in [0.25, 0.3) is 0 Å². The lowest BCUT2D eigenvalue weighted by Crippen LogP contribution is -2.34. The van der Waals surface area contributed by atoms with E-state index >= 15 is 0 Å². The largest absolute Gasteiger partial charge is 0.491 e. The van der Waals surface area contributed by atoms with Crippen molar-refractivity contribution < 1.29 is 9.47 Å². The van der Waals surface area contributed by atoms with E-state index in [1.165, 1.54) is 5.56 Å². The maximum absolute atomic E-state index is 5.80. The average molecular weight is 258 g/mol. The van der Waals surface area contributed by atoms with Gasteiger partial charge in [0.1, 0.15) is 5.75 Å². The fourth-order valence-corrected chi connectivity index (χ4v) is 1.89. The lowest BCUT2D eigenvalue weighted by atomic mass is 10.1. The van der Waals surface area contributed by atoms with Gasteiger partial charge in [0.2, 0.25) is 0 Å². The van der Waals surface area contributed by atoms with Crippen LogP contribution in [0.4, 0.5) is 0 Å². The topological polar surface area (TPSA) is 30.5 Å². The second-order valence-electron chi connectivity index (χ2n) is 4.29. The fourth-order valence-electron chi connectivity index (χ4n) is 1.89. The molecule has 1 heterocycles. The molecule has 0 spiro atoms. The Labute approximate surface area is 109 Å². The second kappa shape index (κ2) is 6.84. The number of rotatable bonds is 3. The van der Waals surface area contributed by atoms with Crippen LogP contribution in [-0.4, -0.2) is 25.9 Å². The minimum Gasteiger partial charge on any atom is -0.491 e. The van der Waals surface area contributed by atoms with E-state index in [0.717, 1.165) is 25.5 Å². The second-order valence-corrected chi connectivity index (χ2v) is 4.29. The highest BCUT2D eigenvalue weighted by atomic mass is 35.5. The van der Waals surface area contributed by atoms with Gasteiger partial charge in [-0.3, -0.25) is 0 Å². The lowest BCUT2D eigenvalue weighted by molar-refractivity contribution is 0.0753. The van der Waals surface area contributed by atoms with Gasteiger partial charge in [-0.1, -0.05) is 18.2 Å². The standard InChI is InChI=1S/C13H19NO2.ClH/c1-10(2)16-13-6-4-3-5-11(13)12-9-15-8-7-14-12;/h3-6,10,12,14H,7-9H2,1-2H3;1H/t12-;/m0./s1. The van der Waals surface area contributed by atoms with Gasteiger partial charge in [0.05, 0.1) is 25.4 Å². The summed E-state index contributed by atoms with van der Waals surface area (Å²) in [6, 6.07) is 8.42. The van der Waals surface area contributed by atoms with E-state index in [9.17, 15) is 0 Å². The van der Waals surface area contributed by atoms with Crippen LogP contribution in [0.5, 0.6) is 5.75 Å². The first-order valence-corrected chi connectivity index (χ1v) is 5.84. The molecule has 1 saturated heterocycles. The molecule has 0 aliphatic carbocycles. The number of hydrogen-bond donors (Lipinski definition) is 1. The van der Waals surface area contributed by atoms with Gasteiger partial charge in [-0.25, -0.2) is 0 Å². The van der Waals surface area contributed by atoms with Crippen molar-refractivity contribution in [3.05, 3.63) is 29.8 Å². The quantitative estimate of drug-likeness (QED) is 0.903. The number of morpholine rings is 1. The van der Waals surface area contributed by atoms with E-state index in [-0.39, 0.29) is 24.6 Å². The summed E-state index contributed by atoms with van der Waals surface area (Å²) in [4.78, 5) is 0. The van der Waals surface area contributed by atoms with E-state index in [4.69, 9.17) is 9.47 Å². The molecule has 0 bridgehead atoms. The Morgan fingerprint density at radius 3 is 2.76 bits per heavy atom. The van der Waals surface area contributed by atoms with Crippen molar-refractivity contribution in [1.29, 1.82) is 0 Å². The molecule has 3 nitrogen and oxygen atoms in total. The predicted molar refractivity (Wildman–Crippen MR) is 71.0 cm³/mol. The zero-order valence-corrected chi connectivity index (χ0v) is 11.1. The number of nitrogens with one attached hydrogen (secondary N) is 1. The lowest BCUT2D eigenvalue weighted by Gasteiger charge is -2.26. The first kappa shape index (κ1) is 14.3. The molecule has 4 heteroatoms. The minimum atomic E-state index is 0. The Kier molecular flexibility index (Phi) is 5.75. The van der Waals surface area contributed by atoms with Crippen LogP contribution < -0.4 is 10.1 Å². The number of para-hydroxylation sites is 1. The third kappa shape index (κ3) is 3.87. The van der Waals surface area contributed by atoms with Crippen molar-refractivity contribution >= 4 is 12.4 Å². The predicted octanol–water partition coefficient (Wildman–Crippen LogP) is 2.56. The van der Waals surface area contributed by atoms with E-state index in [1.807, 2.05) is 32.0 Å². The van der Waals surface area contributed by atoms with E-state index in [2.05, 4.69) is 11.4 Å². The zero-order valence-electron chi connectivity index (χ0n) is 10.3. The Morgan fingerprint density at radius 1 is 1.35 bits per heavy atom. The van der Waals surface area contributed by atoms with Crippen molar-refractivity contribution in [1.82, 2.24) is 5.32 Å². The minimum absolute atomic E-state index is 0. The summed E-state index contributed by atoms with van der Waals surface area (Å²) in [5, 5.41) is 3.44. The van der Waals surface area contributed by atoms with Gasteiger partial charge in [0, 0.05) is 12.1 Å². The highest BCUT2D eigenvalue weighted by Gasteiger charge is 2.18. The maximum Gasteiger partial charge on any atom is 0.124 e. The normalized spacial score (nSPS) is 19.8. The smallest absolute Gasteiger partial charge is 0.124 e. The van der Waals surface area contributed by atoms with Crippen LogP contribution in [0.15, 0.2) is 24.3 Å². The molecular weight excluding hydrogens is 238 g/mol. The molecule has 1 atom stereocenters. The van der Waals surface area contributed by atoms with E-state index in [1.54, 1.807) is 0 Å². The fraction of sp³-hybridized carbons (Fsp3) is 0.538. The van der Waals surface area contributed by atoms with Gasteiger partial charge in [-0.15, -0.1) is 12.4 Å². The summed E-state index contributed by atoms with van der Waals surface area (Å²) >= 11 is 0. The van der Waals surface area contributed by atoms with Gasteiger partial charge in [-0.05, 0) is 19.9 Å². The molecular formula is C13H20ClNO2. The Hall–Kier alpha value is -0.770. The van der Waals surface area contributed by atoms with Crippen LogP contribution >= 0.6 is 12.4 Å². The van der Waals surface area contributed by atoms with Crippen molar-refractivity contribution in [2.45, 2.75) is 26.0 Å². The first-order valence-electron chi connectivity index (χ1n) is 5.84. The Morgan fingerprint density at radius 2 is 2.12 bits per heavy atom. The third-order valence-electron chi connectivity index (χ3n) is 2.58. The molecule has 0 radical (unpaired) electrons. The van der Waals surface area contributed by atoms with Crippen LogP contribution in [-0.2, 0) is 4.74 Å². The van der Waals surface area contributed by atoms with Crippen LogP contribution in [0.3, 0.4) is 0 Å². The summed E-state index contributed by atoms with van der Waals surface area (Å²) in [5.74, 6) is 0.959. The molecule has 0 amide bonds. The summed E-state index contributed by atoms with van der Waals surface area (Å²) in [7, 11) is 0. The number of benzene rings is 1. The number of hydrogen-bond acceptors (Lipinski definition) is 3. The molecule has 1 fully saturated rings. The maximum atomic E-state index is 5.80. The molecule has 1 aromatic rings. The van der Waals surface area contributed by atoms with Gasteiger partial charge >= 0.3 is 0 Å². The van der Waals surface area contributed by atoms with Crippen molar-refractivity contribution in [3.8, 4) is 5.75 Å². The molecule has 17 heavy (non-hydrogen) atoms. The summed E-state index contributed by atoms with van der Waals surface area (Å²) in [6.07, 6.45) is 0.200. The molecule has 1 aromatic carbocycles. The summed E-state index contributed by atoms with van der Waals surface area (Å²) in [5.41, 5.74) is 1.19. The van der Waals surface area contributed by atoms with Gasteiger partial charge in [-0.2, -0.15) is 0 Å². The average Bonchev–Trinajstić information content (AvgIpc) is 2.30. The highest BCUT2D eigenvalue weighted by Crippen LogP contribution is 2.27. The van der Waals surface area contributed by atoms with Crippen LogP contribution in [0, 0.1) is 0 Å². The van der Waals surface area contributed by atoms with E-state index < -0.39 is 0 Å². The molecule has 2 rings (SSSR count). The molecule has 0 saturated carbocycles. The zero-order chi connectivity index (χ0) is 11.4. The Balaban J connectivity index is 0.00000144. The van der Waals surface area contributed by atoms with Crippen LogP contribution in [0.1, 0.15) is 25.5 Å².